The van der Waals surface area contributed by atoms with Crippen molar-refractivity contribution in [2.45, 2.75) is 39.1 Å². The van der Waals surface area contributed by atoms with E-state index in [1.807, 2.05) is 23.5 Å². The highest BCUT2D eigenvalue weighted by Gasteiger charge is 2.46. The van der Waals surface area contributed by atoms with Crippen molar-refractivity contribution in [1.82, 2.24) is 14.9 Å². The van der Waals surface area contributed by atoms with Crippen LogP contribution in [0.25, 0.3) is 0 Å². The van der Waals surface area contributed by atoms with Crippen LogP contribution in [0, 0.1) is 13.8 Å². The first-order chi connectivity index (χ1) is 12.3. The number of halogens is 1. The Bertz CT molecular complexity index is 818. The van der Waals surface area contributed by atoms with Crippen LogP contribution in [-0.4, -0.2) is 54.9 Å². The lowest BCUT2D eigenvalue weighted by molar-refractivity contribution is 0.0201. The van der Waals surface area contributed by atoms with E-state index in [4.69, 9.17) is 11.6 Å². The topological polar surface area (TPSA) is 13.0 Å². The van der Waals surface area contributed by atoms with Crippen LogP contribution in [0.5, 0.6) is 0 Å². The minimum absolute atomic E-state index is 0.253. The Hall–Kier alpha value is -1.11. The van der Waals surface area contributed by atoms with Gasteiger partial charge in [0.1, 0.15) is 6.17 Å². The summed E-state index contributed by atoms with van der Waals surface area (Å²) in [5.74, 6) is 0. The molecule has 0 amide bonds. The maximum Gasteiger partial charge on any atom is 0.110 e. The van der Waals surface area contributed by atoms with Gasteiger partial charge in [-0.15, -0.1) is 11.3 Å². The highest BCUT2D eigenvalue weighted by Crippen LogP contribution is 2.48. The molecule has 1 fully saturated rings. The van der Waals surface area contributed by atoms with Crippen molar-refractivity contribution in [3.63, 3.8) is 0 Å². The van der Waals surface area contributed by atoms with E-state index >= 15 is 0 Å². The van der Waals surface area contributed by atoms with E-state index in [9.17, 15) is 0 Å². The van der Waals surface area contributed by atoms with Crippen LogP contribution in [0.2, 0.25) is 5.02 Å². The molecule has 0 radical (unpaired) electrons. The van der Waals surface area contributed by atoms with Crippen LogP contribution in [0.15, 0.2) is 24.3 Å². The molecule has 3 unspecified atom stereocenters. The number of nitrogens with zero attached hydrogens (tertiary/aromatic N) is 4. The van der Waals surface area contributed by atoms with E-state index < -0.39 is 0 Å². The fourth-order valence-electron chi connectivity index (χ4n) is 4.38. The average Bonchev–Trinajstić information content (AvgIpc) is 2.94. The number of likely N-dealkylation sites (N-methyl/N-ethyl adjacent to an activating group) is 2. The van der Waals surface area contributed by atoms with Gasteiger partial charge in [0.2, 0.25) is 0 Å². The monoisotopic (exact) mass is 390 g/mol. The zero-order chi connectivity index (χ0) is 18.7. The summed E-state index contributed by atoms with van der Waals surface area (Å²) < 4.78 is 0. The number of hydrogen-bond acceptors (Lipinski definition) is 5. The Kier molecular flexibility index (Phi) is 4.56. The number of aryl methyl sites for hydroxylation is 1. The van der Waals surface area contributed by atoms with Crippen molar-refractivity contribution in [3.8, 4) is 0 Å². The largest absolute Gasteiger partial charge is 0.328 e. The summed E-state index contributed by atoms with van der Waals surface area (Å²) in [6, 6.07) is 8.62. The molecular weight excluding hydrogens is 364 g/mol. The van der Waals surface area contributed by atoms with Crippen LogP contribution in [-0.2, 0) is 0 Å². The molecule has 1 aromatic carbocycles. The van der Waals surface area contributed by atoms with Crippen molar-refractivity contribution in [1.29, 1.82) is 0 Å². The lowest BCUT2D eigenvalue weighted by Crippen LogP contribution is -2.45. The molecule has 0 saturated carbocycles. The first-order valence-electron chi connectivity index (χ1n) is 9.10. The molecule has 3 heterocycles. The second-order valence-corrected chi connectivity index (χ2v) is 9.20. The molecule has 0 N–H and O–H groups in total. The fraction of sp³-hybridized carbons (Fsp3) is 0.500. The number of benzene rings is 1. The Morgan fingerprint density at radius 3 is 2.35 bits per heavy atom. The quantitative estimate of drug-likeness (QED) is 0.718. The van der Waals surface area contributed by atoms with Gasteiger partial charge in [-0.25, -0.2) is 10.0 Å². The molecule has 0 bridgehead atoms. The van der Waals surface area contributed by atoms with Crippen LogP contribution < -0.4 is 4.90 Å². The minimum atomic E-state index is 0.253. The van der Waals surface area contributed by atoms with Crippen LogP contribution in [0.3, 0.4) is 0 Å². The summed E-state index contributed by atoms with van der Waals surface area (Å²) in [6.07, 6.45) is 0.687. The predicted molar refractivity (Wildman–Crippen MR) is 111 cm³/mol. The predicted octanol–water partition coefficient (Wildman–Crippen LogP) is 4.32. The van der Waals surface area contributed by atoms with Crippen molar-refractivity contribution >= 4 is 27.9 Å². The van der Waals surface area contributed by atoms with Gasteiger partial charge in [0.05, 0.1) is 17.2 Å². The van der Waals surface area contributed by atoms with E-state index in [-0.39, 0.29) is 6.04 Å². The van der Waals surface area contributed by atoms with Gasteiger partial charge in [0.25, 0.3) is 0 Å². The molecule has 140 valence electrons. The average molecular weight is 391 g/mol. The van der Waals surface area contributed by atoms with Gasteiger partial charge in [-0.1, -0.05) is 23.7 Å². The van der Waals surface area contributed by atoms with Crippen LogP contribution in [0.4, 0.5) is 5.00 Å². The Labute approximate surface area is 165 Å². The number of fused-ring (bicyclic) bond motifs is 3. The Morgan fingerprint density at radius 2 is 1.69 bits per heavy atom. The highest BCUT2D eigenvalue weighted by molar-refractivity contribution is 7.16. The number of hydrazine groups is 1. The molecule has 1 saturated heterocycles. The lowest BCUT2D eigenvalue weighted by atomic mass is 9.95. The smallest absolute Gasteiger partial charge is 0.110 e. The zero-order valence-corrected chi connectivity index (χ0v) is 17.9. The minimum Gasteiger partial charge on any atom is -0.328 e. The number of hydrogen-bond donors (Lipinski definition) is 0. The molecule has 4 rings (SSSR count). The summed E-state index contributed by atoms with van der Waals surface area (Å²) in [5, 5.41) is 6.92. The Morgan fingerprint density at radius 1 is 1.04 bits per heavy atom. The molecule has 2 aromatic rings. The van der Waals surface area contributed by atoms with Gasteiger partial charge in [0.15, 0.2) is 0 Å². The van der Waals surface area contributed by atoms with Crippen LogP contribution in [0.1, 0.15) is 34.5 Å². The maximum absolute atomic E-state index is 6.16. The second kappa shape index (κ2) is 6.50. The van der Waals surface area contributed by atoms with Gasteiger partial charge in [-0.05, 0) is 51.1 Å². The SMILES string of the molecule is Cc1sc2c(c1C)C(c1ccc(Cl)cc1)N(C)CC1N2C(C)N(C)N1C. The number of anilines is 1. The Balaban J connectivity index is 1.91. The molecule has 2 aliphatic rings. The molecule has 4 nitrogen and oxygen atoms in total. The summed E-state index contributed by atoms with van der Waals surface area (Å²) in [7, 11) is 6.63. The second-order valence-electron chi connectivity index (χ2n) is 7.56. The molecule has 6 heteroatoms. The third kappa shape index (κ3) is 2.60. The van der Waals surface area contributed by atoms with Crippen molar-refractivity contribution in [2.75, 3.05) is 32.6 Å². The molecule has 26 heavy (non-hydrogen) atoms. The van der Waals surface area contributed by atoms with Gasteiger partial charge >= 0.3 is 0 Å². The van der Waals surface area contributed by atoms with Gasteiger partial charge < -0.3 is 4.90 Å². The molecule has 2 aliphatic heterocycles. The number of thiophene rings is 1. The summed E-state index contributed by atoms with van der Waals surface area (Å²) in [4.78, 5) is 6.51. The third-order valence-corrected chi connectivity index (χ3v) is 7.68. The summed E-state index contributed by atoms with van der Waals surface area (Å²) in [6.45, 7) is 7.80. The first kappa shape index (κ1) is 18.3. The van der Waals surface area contributed by atoms with E-state index in [2.05, 4.69) is 73.9 Å². The van der Waals surface area contributed by atoms with Crippen molar-refractivity contribution < 1.29 is 0 Å². The maximum atomic E-state index is 6.16. The fourth-order valence-corrected chi connectivity index (χ4v) is 5.82. The molecule has 0 spiro atoms. The molecule has 1 aromatic heterocycles. The third-order valence-electron chi connectivity index (χ3n) is 6.19. The van der Waals surface area contributed by atoms with Gasteiger partial charge in [-0.3, -0.25) is 4.90 Å². The van der Waals surface area contributed by atoms with Crippen molar-refractivity contribution in [2.24, 2.45) is 0 Å². The first-order valence-corrected chi connectivity index (χ1v) is 10.3. The molecular formula is C20H27ClN4S. The highest BCUT2D eigenvalue weighted by atomic mass is 35.5. The van der Waals surface area contributed by atoms with Gasteiger partial charge in [-0.2, -0.15) is 0 Å². The zero-order valence-electron chi connectivity index (χ0n) is 16.3. The number of rotatable bonds is 1. The standard InChI is InChI=1S/C20H27ClN4S/c1-12-13(2)26-20-18(12)19(15-7-9-16(21)10-8-15)22(4)11-17-24(6)23(5)14(3)25(17)20/h7-10,14,17,19H,11H2,1-6H3. The van der Waals surface area contributed by atoms with E-state index in [1.165, 1.54) is 26.6 Å². The molecule has 3 atom stereocenters. The van der Waals surface area contributed by atoms with Gasteiger partial charge in [0, 0.05) is 36.1 Å². The van der Waals surface area contributed by atoms with Crippen molar-refractivity contribution in [3.05, 3.63) is 50.9 Å². The van der Waals surface area contributed by atoms with Crippen LogP contribution >= 0.6 is 22.9 Å². The summed E-state index contributed by atoms with van der Waals surface area (Å²) in [5.41, 5.74) is 4.18. The van der Waals surface area contributed by atoms with E-state index in [1.54, 1.807) is 0 Å². The molecule has 0 aliphatic carbocycles. The lowest BCUT2D eigenvalue weighted by Gasteiger charge is -2.31. The summed E-state index contributed by atoms with van der Waals surface area (Å²) >= 11 is 8.09. The van der Waals surface area contributed by atoms with E-state index in [0.29, 0.717) is 12.3 Å². The van der Waals surface area contributed by atoms with E-state index in [0.717, 1.165) is 11.6 Å². The normalized spacial score (nSPS) is 27.5.